The van der Waals surface area contributed by atoms with Gasteiger partial charge in [-0.15, -0.1) is 0 Å². The molecule has 1 N–H and O–H groups in total. The molecule has 1 aliphatic heterocycles. The van der Waals surface area contributed by atoms with Crippen molar-refractivity contribution in [3.8, 4) is 0 Å². The highest BCUT2D eigenvalue weighted by Crippen LogP contribution is 2.37. The van der Waals surface area contributed by atoms with Gasteiger partial charge < -0.3 is 10.0 Å². The van der Waals surface area contributed by atoms with Crippen LogP contribution in [0.4, 0.5) is 0 Å². The van der Waals surface area contributed by atoms with Crippen LogP contribution in [0.3, 0.4) is 0 Å². The summed E-state index contributed by atoms with van der Waals surface area (Å²) in [5, 5.41) is 8.96. The van der Waals surface area contributed by atoms with Crippen LogP contribution in [-0.2, 0) is 9.59 Å². The molecular weight excluding hydrogens is 206 g/mol. The van der Waals surface area contributed by atoms with E-state index in [0.29, 0.717) is 25.3 Å². The van der Waals surface area contributed by atoms with Crippen LogP contribution in [0.15, 0.2) is 0 Å². The lowest BCUT2D eigenvalue weighted by Gasteiger charge is -2.32. The maximum atomic E-state index is 11.7. The zero-order chi connectivity index (χ0) is 11.7. The third-order valence-corrected chi connectivity index (χ3v) is 3.78. The highest BCUT2D eigenvalue weighted by Gasteiger charge is 2.34. The molecule has 0 radical (unpaired) electrons. The van der Waals surface area contributed by atoms with Crippen molar-refractivity contribution in [2.45, 2.75) is 32.6 Å². The lowest BCUT2D eigenvalue weighted by Crippen LogP contribution is -2.44. The Morgan fingerprint density at radius 2 is 2.19 bits per heavy atom. The molecule has 1 aliphatic carbocycles. The lowest BCUT2D eigenvalue weighted by molar-refractivity contribution is -0.147. The zero-order valence-corrected chi connectivity index (χ0v) is 9.69. The Hall–Kier alpha value is -1.06. The Balaban J connectivity index is 1.90. The minimum Gasteiger partial charge on any atom is -0.481 e. The van der Waals surface area contributed by atoms with Gasteiger partial charge in [0.15, 0.2) is 0 Å². The Morgan fingerprint density at radius 1 is 1.50 bits per heavy atom. The monoisotopic (exact) mass is 225 g/mol. The van der Waals surface area contributed by atoms with E-state index in [4.69, 9.17) is 5.11 Å². The number of rotatable bonds is 4. The fourth-order valence-electron chi connectivity index (χ4n) is 2.45. The minimum absolute atomic E-state index is 0.130. The van der Waals surface area contributed by atoms with Crippen LogP contribution in [0.2, 0.25) is 0 Å². The fourth-order valence-corrected chi connectivity index (χ4v) is 2.45. The highest BCUT2D eigenvalue weighted by molar-refractivity contribution is 5.80. The molecular formula is C12H19NO3. The molecule has 0 aromatic rings. The molecule has 2 unspecified atom stereocenters. The Bertz CT molecular complexity index is 299. The summed E-state index contributed by atoms with van der Waals surface area (Å²) in [6, 6.07) is 0. The normalized spacial score (nSPS) is 27.9. The summed E-state index contributed by atoms with van der Waals surface area (Å²) < 4.78 is 0. The van der Waals surface area contributed by atoms with Crippen molar-refractivity contribution in [3.63, 3.8) is 0 Å². The van der Waals surface area contributed by atoms with Crippen LogP contribution in [0.5, 0.6) is 0 Å². The van der Waals surface area contributed by atoms with E-state index >= 15 is 0 Å². The Morgan fingerprint density at radius 3 is 2.75 bits per heavy atom. The first-order valence-electron chi connectivity index (χ1n) is 6.08. The second kappa shape index (κ2) is 4.44. The standard InChI is InChI=1S/C12H19NO3/c1-8(9-2-3-9)6-13-7-10(12(15)16)4-5-11(13)14/h8-10H,2-7H2,1H3,(H,15,16). The number of carboxylic acid groups (broad SMARTS) is 1. The smallest absolute Gasteiger partial charge is 0.308 e. The Labute approximate surface area is 95.6 Å². The summed E-state index contributed by atoms with van der Waals surface area (Å²) in [5.41, 5.74) is 0. The summed E-state index contributed by atoms with van der Waals surface area (Å²) >= 11 is 0. The molecule has 1 saturated heterocycles. The van der Waals surface area contributed by atoms with E-state index in [9.17, 15) is 9.59 Å². The summed E-state index contributed by atoms with van der Waals surface area (Å²) in [5.74, 6) is 0.292. The number of piperidine rings is 1. The zero-order valence-electron chi connectivity index (χ0n) is 9.69. The van der Waals surface area contributed by atoms with E-state index in [2.05, 4.69) is 6.92 Å². The van der Waals surface area contributed by atoms with Crippen LogP contribution in [0.1, 0.15) is 32.6 Å². The summed E-state index contributed by atoms with van der Waals surface area (Å²) in [7, 11) is 0. The van der Waals surface area contributed by atoms with E-state index in [-0.39, 0.29) is 11.8 Å². The van der Waals surface area contributed by atoms with Gasteiger partial charge in [-0.1, -0.05) is 6.92 Å². The lowest BCUT2D eigenvalue weighted by atomic mass is 9.96. The molecule has 2 fully saturated rings. The highest BCUT2D eigenvalue weighted by atomic mass is 16.4. The Kier molecular flexibility index (Phi) is 3.17. The summed E-state index contributed by atoms with van der Waals surface area (Å²) in [4.78, 5) is 24.3. The van der Waals surface area contributed by atoms with Gasteiger partial charge in [-0.3, -0.25) is 9.59 Å². The average Bonchev–Trinajstić information content (AvgIpc) is 3.04. The number of amides is 1. The fraction of sp³-hybridized carbons (Fsp3) is 0.833. The first kappa shape index (κ1) is 11.4. The summed E-state index contributed by atoms with van der Waals surface area (Å²) in [6.07, 6.45) is 3.44. The SMILES string of the molecule is CC(CN1CC(C(=O)O)CCC1=O)C1CC1. The van der Waals surface area contributed by atoms with Crippen LogP contribution in [0, 0.1) is 17.8 Å². The van der Waals surface area contributed by atoms with Gasteiger partial charge in [-0.05, 0) is 31.1 Å². The molecule has 0 bridgehead atoms. The molecule has 1 heterocycles. The van der Waals surface area contributed by atoms with E-state index in [1.165, 1.54) is 12.8 Å². The maximum absolute atomic E-state index is 11.7. The minimum atomic E-state index is -0.767. The van der Waals surface area contributed by atoms with Gasteiger partial charge in [0, 0.05) is 19.5 Å². The van der Waals surface area contributed by atoms with Crippen molar-refractivity contribution in [3.05, 3.63) is 0 Å². The van der Waals surface area contributed by atoms with Crippen molar-refractivity contribution >= 4 is 11.9 Å². The summed E-state index contributed by atoms with van der Waals surface area (Å²) in [6.45, 7) is 3.31. The number of nitrogens with zero attached hydrogens (tertiary/aromatic N) is 1. The van der Waals surface area contributed by atoms with Gasteiger partial charge in [0.05, 0.1) is 5.92 Å². The molecule has 2 aliphatic rings. The van der Waals surface area contributed by atoms with E-state index < -0.39 is 5.97 Å². The van der Waals surface area contributed by atoms with Crippen molar-refractivity contribution < 1.29 is 14.7 Å². The van der Waals surface area contributed by atoms with Crippen molar-refractivity contribution in [1.29, 1.82) is 0 Å². The molecule has 0 aromatic carbocycles. The molecule has 4 heteroatoms. The number of hydrogen-bond donors (Lipinski definition) is 1. The molecule has 90 valence electrons. The second-order valence-corrected chi connectivity index (χ2v) is 5.19. The van der Waals surface area contributed by atoms with Gasteiger partial charge in [0.1, 0.15) is 0 Å². The number of aliphatic carboxylic acids is 1. The number of carbonyl (C=O) groups is 2. The van der Waals surface area contributed by atoms with E-state index in [0.717, 1.165) is 12.5 Å². The molecule has 1 amide bonds. The van der Waals surface area contributed by atoms with Crippen LogP contribution in [-0.4, -0.2) is 35.0 Å². The van der Waals surface area contributed by atoms with E-state index in [1.54, 1.807) is 4.90 Å². The maximum Gasteiger partial charge on any atom is 0.308 e. The third-order valence-electron chi connectivity index (χ3n) is 3.78. The predicted molar refractivity (Wildman–Crippen MR) is 58.8 cm³/mol. The van der Waals surface area contributed by atoms with Crippen molar-refractivity contribution in [2.24, 2.45) is 17.8 Å². The largest absolute Gasteiger partial charge is 0.481 e. The predicted octanol–water partition coefficient (Wildman–Crippen LogP) is 1.36. The number of carboxylic acids is 1. The average molecular weight is 225 g/mol. The van der Waals surface area contributed by atoms with Crippen LogP contribution < -0.4 is 0 Å². The molecule has 0 aromatic heterocycles. The van der Waals surface area contributed by atoms with Crippen molar-refractivity contribution in [1.82, 2.24) is 4.90 Å². The first-order chi connectivity index (χ1) is 7.58. The van der Waals surface area contributed by atoms with Crippen LogP contribution in [0.25, 0.3) is 0 Å². The topological polar surface area (TPSA) is 57.6 Å². The van der Waals surface area contributed by atoms with Gasteiger partial charge in [-0.25, -0.2) is 0 Å². The molecule has 2 rings (SSSR count). The molecule has 0 spiro atoms. The molecule has 1 saturated carbocycles. The first-order valence-corrected chi connectivity index (χ1v) is 6.08. The number of likely N-dealkylation sites (tertiary alicyclic amines) is 1. The number of carbonyl (C=O) groups excluding carboxylic acids is 1. The quantitative estimate of drug-likeness (QED) is 0.785. The van der Waals surface area contributed by atoms with Gasteiger partial charge in [-0.2, -0.15) is 0 Å². The second-order valence-electron chi connectivity index (χ2n) is 5.19. The third kappa shape index (κ3) is 2.54. The molecule has 4 nitrogen and oxygen atoms in total. The van der Waals surface area contributed by atoms with Crippen molar-refractivity contribution in [2.75, 3.05) is 13.1 Å². The number of hydrogen-bond acceptors (Lipinski definition) is 2. The van der Waals surface area contributed by atoms with Gasteiger partial charge >= 0.3 is 5.97 Å². The van der Waals surface area contributed by atoms with Gasteiger partial charge in [0.2, 0.25) is 5.91 Å². The molecule has 2 atom stereocenters. The molecule has 16 heavy (non-hydrogen) atoms. The van der Waals surface area contributed by atoms with Crippen LogP contribution >= 0.6 is 0 Å². The van der Waals surface area contributed by atoms with Gasteiger partial charge in [0.25, 0.3) is 0 Å². The van der Waals surface area contributed by atoms with E-state index in [1.807, 2.05) is 0 Å².